The highest BCUT2D eigenvalue weighted by Gasteiger charge is 2.50. The van der Waals surface area contributed by atoms with E-state index in [1.165, 1.54) is 13.3 Å². The van der Waals surface area contributed by atoms with E-state index >= 15 is 0 Å². The number of methoxy groups -OCH3 is 1. The Hall–Kier alpha value is -3.13. The number of aromatic nitrogens is 1. The summed E-state index contributed by atoms with van der Waals surface area (Å²) >= 11 is 1.13. The highest BCUT2D eigenvalue weighted by Crippen LogP contribution is 2.29. The molecule has 10 nitrogen and oxygen atoms in total. The van der Waals surface area contributed by atoms with Crippen molar-refractivity contribution in [3.8, 4) is 0 Å². The van der Waals surface area contributed by atoms with Crippen LogP contribution in [-0.4, -0.2) is 79.6 Å². The lowest BCUT2D eigenvalue weighted by Gasteiger charge is -2.24. The number of ketones is 2. The van der Waals surface area contributed by atoms with Crippen LogP contribution in [0, 0.1) is 12.8 Å². The summed E-state index contributed by atoms with van der Waals surface area (Å²) in [6.07, 6.45) is 0.955. The molecule has 0 aliphatic carbocycles. The lowest BCUT2D eigenvalue weighted by molar-refractivity contribution is -0.152. The molecule has 0 saturated carbocycles. The molecule has 39 heavy (non-hydrogen) atoms. The molecule has 2 heterocycles. The minimum Gasteiger partial charge on any atom is -0.382 e. The molecule has 1 aliphatic rings. The smallest absolute Gasteiger partial charge is 0.345 e. The van der Waals surface area contributed by atoms with Crippen molar-refractivity contribution < 1.29 is 42.2 Å². The van der Waals surface area contributed by atoms with Crippen molar-refractivity contribution in [3.63, 3.8) is 0 Å². The minimum absolute atomic E-state index is 0.136. The number of nitrogens with zero attached hydrogens (tertiary/aromatic N) is 1. The van der Waals surface area contributed by atoms with Gasteiger partial charge in [-0.2, -0.15) is 8.78 Å². The van der Waals surface area contributed by atoms with Crippen molar-refractivity contribution in [1.29, 1.82) is 0 Å². The Morgan fingerprint density at radius 2 is 1.82 bits per heavy atom. The van der Waals surface area contributed by atoms with Crippen molar-refractivity contribution in [2.24, 2.45) is 5.92 Å². The molecule has 4 atom stereocenters. The van der Waals surface area contributed by atoms with Crippen LogP contribution in [0.15, 0.2) is 36.5 Å². The topological polar surface area (TPSA) is 136 Å². The zero-order valence-electron chi connectivity index (χ0n) is 21.8. The molecule has 2 aromatic rings. The second kappa shape index (κ2) is 13.8. The molecule has 1 aliphatic heterocycles. The van der Waals surface area contributed by atoms with Gasteiger partial charge in [0.2, 0.25) is 5.91 Å². The second-order valence-electron chi connectivity index (χ2n) is 9.32. The highest BCUT2D eigenvalue weighted by molar-refractivity contribution is 7.13. The fourth-order valence-corrected chi connectivity index (χ4v) is 4.53. The molecular weight excluding hydrogens is 536 g/mol. The minimum atomic E-state index is -3.18. The quantitative estimate of drug-likeness (QED) is 0.295. The predicted molar refractivity (Wildman–Crippen MR) is 136 cm³/mol. The predicted octanol–water partition coefficient (Wildman–Crippen LogP) is 2.10. The molecule has 1 saturated heterocycles. The standard InChI is InChI=1S/C26H31F2N3O7S/c1-15-29-11-21(39-15)24(35)31-19(13-36-3)20(32)10-17(12-37-25(27)28)23(34)30-18(22(33)26(2)14-38-26)9-16-7-5-4-6-8-16/h4-8,11,17-19,25H,9-10,12-14H2,1-3H3,(H,30,34)(H,31,35)/t17-,18-,19-,26+/m0/s1. The molecule has 2 N–H and O–H groups in total. The van der Waals surface area contributed by atoms with Gasteiger partial charge in [0, 0.05) is 13.5 Å². The molecule has 0 bridgehead atoms. The third kappa shape index (κ3) is 8.95. The summed E-state index contributed by atoms with van der Waals surface area (Å²) in [4.78, 5) is 56.3. The van der Waals surface area contributed by atoms with Crippen molar-refractivity contribution in [3.05, 3.63) is 52.0 Å². The summed E-state index contributed by atoms with van der Waals surface area (Å²) in [7, 11) is 1.33. The lowest BCUT2D eigenvalue weighted by atomic mass is 9.93. The van der Waals surface area contributed by atoms with Gasteiger partial charge in [-0.25, -0.2) is 4.98 Å². The van der Waals surface area contributed by atoms with E-state index in [9.17, 15) is 28.0 Å². The van der Waals surface area contributed by atoms with E-state index in [0.29, 0.717) is 5.01 Å². The third-order valence-corrected chi connectivity index (χ3v) is 7.04. The molecule has 3 rings (SSSR count). The highest BCUT2D eigenvalue weighted by atomic mass is 32.1. The van der Waals surface area contributed by atoms with Crippen molar-refractivity contribution >= 4 is 34.7 Å². The lowest BCUT2D eigenvalue weighted by Crippen LogP contribution is -2.51. The number of ether oxygens (including phenoxy) is 3. The number of thiazole rings is 1. The Labute approximate surface area is 228 Å². The maximum atomic E-state index is 13.3. The molecule has 0 unspecified atom stereocenters. The Balaban J connectivity index is 1.74. The van der Waals surface area contributed by atoms with Crippen molar-refractivity contribution in [1.82, 2.24) is 15.6 Å². The van der Waals surface area contributed by atoms with Gasteiger partial charge in [0.25, 0.3) is 5.91 Å². The number of hydrogen-bond donors (Lipinski definition) is 2. The van der Waals surface area contributed by atoms with E-state index in [0.717, 1.165) is 16.9 Å². The molecule has 212 valence electrons. The number of halogens is 2. The van der Waals surface area contributed by atoms with Gasteiger partial charge in [0.05, 0.1) is 43.0 Å². The number of amides is 2. The fraction of sp³-hybridized carbons (Fsp3) is 0.500. The number of hydrogen-bond acceptors (Lipinski definition) is 9. The number of benzene rings is 1. The van der Waals surface area contributed by atoms with Crippen LogP contribution in [0.2, 0.25) is 0 Å². The van der Waals surface area contributed by atoms with Crippen LogP contribution in [0.5, 0.6) is 0 Å². The van der Waals surface area contributed by atoms with Gasteiger partial charge in [0.1, 0.15) is 16.5 Å². The summed E-state index contributed by atoms with van der Waals surface area (Å²) in [6.45, 7) is -0.658. The average Bonchev–Trinajstić information content (AvgIpc) is 3.50. The summed E-state index contributed by atoms with van der Waals surface area (Å²) < 4.78 is 40.5. The largest absolute Gasteiger partial charge is 0.382 e. The molecule has 1 aromatic heterocycles. The van der Waals surface area contributed by atoms with Crippen LogP contribution in [0.1, 0.15) is 33.6 Å². The van der Waals surface area contributed by atoms with Crippen LogP contribution >= 0.6 is 11.3 Å². The third-order valence-electron chi connectivity index (χ3n) is 6.13. The SMILES string of the molecule is COC[C@H](NC(=O)c1cnc(C)s1)C(=O)C[C@@H](COC(F)F)C(=O)N[C@@H](Cc1ccccc1)C(=O)[C@@]1(C)CO1. The number of carbonyl (C=O) groups is 4. The number of Topliss-reactive ketones (excluding diaryl/α,β-unsaturated/α-hetero) is 2. The van der Waals surface area contributed by atoms with Crippen LogP contribution in [0.3, 0.4) is 0 Å². The van der Waals surface area contributed by atoms with E-state index in [1.54, 1.807) is 44.2 Å². The number of epoxide rings is 1. The molecule has 0 spiro atoms. The van der Waals surface area contributed by atoms with Gasteiger partial charge in [-0.1, -0.05) is 30.3 Å². The number of carbonyl (C=O) groups excluding carboxylic acids is 4. The molecule has 2 amide bonds. The van der Waals surface area contributed by atoms with Crippen LogP contribution in [-0.2, 0) is 35.0 Å². The number of nitrogens with one attached hydrogen (secondary N) is 2. The van der Waals surface area contributed by atoms with E-state index in [-0.39, 0.29) is 30.3 Å². The molecule has 1 aromatic carbocycles. The molecule has 0 radical (unpaired) electrons. The summed E-state index contributed by atoms with van der Waals surface area (Å²) in [5.74, 6) is -3.75. The first-order chi connectivity index (χ1) is 18.5. The van der Waals surface area contributed by atoms with E-state index in [4.69, 9.17) is 9.47 Å². The Bertz CT molecular complexity index is 1160. The first-order valence-electron chi connectivity index (χ1n) is 12.2. The van der Waals surface area contributed by atoms with Crippen molar-refractivity contribution in [2.75, 3.05) is 26.9 Å². The Morgan fingerprint density at radius 1 is 1.13 bits per heavy atom. The molecule has 1 fully saturated rings. The first-order valence-corrected chi connectivity index (χ1v) is 13.0. The van der Waals surface area contributed by atoms with E-state index < -0.39 is 60.8 Å². The zero-order valence-corrected chi connectivity index (χ0v) is 22.6. The number of aryl methyl sites for hydroxylation is 1. The van der Waals surface area contributed by atoms with Gasteiger partial charge >= 0.3 is 6.61 Å². The van der Waals surface area contributed by atoms with Gasteiger partial charge in [-0.05, 0) is 25.8 Å². The number of alkyl halides is 2. The monoisotopic (exact) mass is 567 g/mol. The van der Waals surface area contributed by atoms with E-state index in [1.807, 2.05) is 0 Å². The van der Waals surface area contributed by atoms with Crippen LogP contribution in [0.4, 0.5) is 8.78 Å². The van der Waals surface area contributed by atoms with E-state index in [2.05, 4.69) is 20.4 Å². The van der Waals surface area contributed by atoms with Gasteiger partial charge in [-0.15, -0.1) is 11.3 Å². The number of rotatable bonds is 16. The zero-order chi connectivity index (χ0) is 28.6. The Kier molecular flexibility index (Phi) is 10.7. The normalized spacial score (nSPS) is 18.7. The summed E-state index contributed by atoms with van der Waals surface area (Å²) in [6, 6.07) is 6.75. The maximum Gasteiger partial charge on any atom is 0.345 e. The van der Waals surface area contributed by atoms with Crippen LogP contribution < -0.4 is 10.6 Å². The Morgan fingerprint density at radius 3 is 2.38 bits per heavy atom. The molecule has 13 heteroatoms. The molecular formula is C26H31F2N3O7S. The maximum absolute atomic E-state index is 13.3. The van der Waals surface area contributed by atoms with Gasteiger partial charge < -0.3 is 24.8 Å². The second-order valence-corrected chi connectivity index (χ2v) is 10.6. The fourth-order valence-electron chi connectivity index (χ4n) is 3.85. The first kappa shape index (κ1) is 30.4. The van der Waals surface area contributed by atoms with Gasteiger partial charge in [-0.3, -0.25) is 19.2 Å². The van der Waals surface area contributed by atoms with Crippen LogP contribution in [0.25, 0.3) is 0 Å². The van der Waals surface area contributed by atoms with Gasteiger partial charge in [0.15, 0.2) is 11.6 Å². The summed E-state index contributed by atoms with van der Waals surface area (Å²) in [5, 5.41) is 5.81. The average molecular weight is 568 g/mol. The van der Waals surface area contributed by atoms with Crippen molar-refractivity contribution in [2.45, 2.75) is 51.0 Å². The summed E-state index contributed by atoms with van der Waals surface area (Å²) in [5.41, 5.74) is -0.293.